The van der Waals surface area contributed by atoms with Crippen LogP contribution in [-0.4, -0.2) is 11.7 Å². The molecule has 0 aliphatic heterocycles. The quantitative estimate of drug-likeness (QED) is 0.614. The Morgan fingerprint density at radius 3 is 2.77 bits per heavy atom. The molecule has 0 heterocycles. The number of aliphatic hydroxyl groups is 1. The minimum atomic E-state index is 0.00902. The second-order valence-electron chi connectivity index (χ2n) is 2.86. The molecule has 68 valence electrons. The van der Waals surface area contributed by atoms with Gasteiger partial charge in [-0.3, -0.25) is 0 Å². The number of hydrogen-bond donors (Lipinski definition) is 2. The molecule has 1 aliphatic carbocycles. The third kappa shape index (κ3) is 2.50. The Bertz CT molecular complexity index is 305. The fourth-order valence-corrected chi connectivity index (χ4v) is 1.15. The van der Waals surface area contributed by atoms with Gasteiger partial charge in [0.05, 0.1) is 5.92 Å². The van der Waals surface area contributed by atoms with Crippen LogP contribution in [0.25, 0.3) is 0 Å². The highest BCUT2D eigenvalue weighted by Gasteiger charge is 2.03. The number of aliphatic hydroxyl groups excluding tert-OH is 1. The second-order valence-corrected chi connectivity index (χ2v) is 2.86. The van der Waals surface area contributed by atoms with Gasteiger partial charge in [-0.05, 0) is 18.1 Å². The molecule has 1 unspecified atom stereocenters. The van der Waals surface area contributed by atoms with E-state index < -0.39 is 0 Å². The zero-order valence-corrected chi connectivity index (χ0v) is 7.40. The van der Waals surface area contributed by atoms with Gasteiger partial charge >= 0.3 is 0 Å². The van der Waals surface area contributed by atoms with E-state index in [2.05, 4.69) is 5.92 Å². The van der Waals surface area contributed by atoms with Gasteiger partial charge in [0.15, 0.2) is 0 Å². The Balaban J connectivity index is 2.85. The van der Waals surface area contributed by atoms with Crippen LogP contribution in [0.3, 0.4) is 0 Å². The van der Waals surface area contributed by atoms with E-state index in [9.17, 15) is 0 Å². The van der Waals surface area contributed by atoms with Crippen molar-refractivity contribution < 1.29 is 5.11 Å². The van der Waals surface area contributed by atoms with E-state index in [1.165, 1.54) is 0 Å². The zero-order valence-electron chi connectivity index (χ0n) is 7.40. The third-order valence-electron chi connectivity index (χ3n) is 1.93. The summed E-state index contributed by atoms with van der Waals surface area (Å²) >= 11 is 0. The summed E-state index contributed by atoms with van der Waals surface area (Å²) in [4.78, 5) is 0. The maximum Gasteiger partial charge on any atom is 0.0567 e. The number of allylic oxidation sites excluding steroid dienone is 4. The Labute approximate surface area is 78.4 Å². The Morgan fingerprint density at radius 2 is 2.15 bits per heavy atom. The minimum Gasteiger partial charge on any atom is -0.399 e. The maximum absolute atomic E-state index is 8.76. The molecule has 13 heavy (non-hydrogen) atoms. The molecule has 1 aliphatic rings. The lowest BCUT2D eigenvalue weighted by molar-refractivity contribution is 0.300. The first kappa shape index (κ1) is 9.63. The van der Waals surface area contributed by atoms with Gasteiger partial charge in [-0.25, -0.2) is 0 Å². The van der Waals surface area contributed by atoms with E-state index in [-0.39, 0.29) is 12.5 Å². The molecule has 0 saturated carbocycles. The number of nitrogens with two attached hydrogens (primary N) is 1. The van der Waals surface area contributed by atoms with Gasteiger partial charge in [0.1, 0.15) is 0 Å². The zero-order chi connectivity index (χ0) is 9.68. The van der Waals surface area contributed by atoms with Crippen LogP contribution in [0.15, 0.2) is 35.6 Å². The lowest BCUT2D eigenvalue weighted by atomic mass is 10.1. The largest absolute Gasteiger partial charge is 0.399 e. The van der Waals surface area contributed by atoms with Crippen LogP contribution in [0, 0.1) is 18.3 Å². The lowest BCUT2D eigenvalue weighted by Crippen LogP contribution is -1.99. The van der Waals surface area contributed by atoms with Crippen molar-refractivity contribution in [1.82, 2.24) is 0 Å². The summed E-state index contributed by atoms with van der Waals surface area (Å²) in [6, 6.07) is 0. The highest BCUT2D eigenvalue weighted by Crippen LogP contribution is 2.14. The maximum atomic E-state index is 8.76. The Kier molecular flexibility index (Phi) is 3.36. The lowest BCUT2D eigenvalue weighted by Gasteiger charge is -2.00. The topological polar surface area (TPSA) is 46.2 Å². The number of terminal acetylenes is 1. The summed E-state index contributed by atoms with van der Waals surface area (Å²) < 4.78 is 0. The van der Waals surface area contributed by atoms with Gasteiger partial charge in [0.25, 0.3) is 0 Å². The van der Waals surface area contributed by atoms with E-state index in [4.69, 9.17) is 17.3 Å². The first-order valence-electron chi connectivity index (χ1n) is 4.20. The van der Waals surface area contributed by atoms with Crippen LogP contribution >= 0.6 is 0 Å². The monoisotopic (exact) mass is 175 g/mol. The van der Waals surface area contributed by atoms with Crippen LogP contribution in [-0.2, 0) is 0 Å². The molecular weight excluding hydrogens is 162 g/mol. The first-order chi connectivity index (χ1) is 6.27. The minimum absolute atomic E-state index is 0.00902. The Hall–Kier alpha value is -1.46. The van der Waals surface area contributed by atoms with Crippen molar-refractivity contribution in [3.8, 4) is 12.3 Å². The van der Waals surface area contributed by atoms with Crippen molar-refractivity contribution in [2.45, 2.75) is 6.42 Å². The smallest absolute Gasteiger partial charge is 0.0567 e. The van der Waals surface area contributed by atoms with Crippen molar-refractivity contribution in [2.24, 2.45) is 11.7 Å². The van der Waals surface area contributed by atoms with Gasteiger partial charge in [-0.15, -0.1) is 6.42 Å². The van der Waals surface area contributed by atoms with Gasteiger partial charge in [-0.1, -0.05) is 24.1 Å². The van der Waals surface area contributed by atoms with Crippen LogP contribution in [0.2, 0.25) is 0 Å². The van der Waals surface area contributed by atoms with E-state index in [0.717, 1.165) is 5.57 Å². The van der Waals surface area contributed by atoms with E-state index >= 15 is 0 Å². The van der Waals surface area contributed by atoms with Crippen molar-refractivity contribution in [3.63, 3.8) is 0 Å². The standard InChI is InChI=1S/C11H13NO/c1-2-9-3-5-10(7-8-13)11(12)6-4-9/h1,3-6,9,13H,7-8,12H2. The summed E-state index contributed by atoms with van der Waals surface area (Å²) in [7, 11) is 0. The molecular formula is C11H13NO. The second kappa shape index (κ2) is 4.54. The molecule has 0 bridgehead atoms. The Morgan fingerprint density at radius 1 is 1.46 bits per heavy atom. The fourth-order valence-electron chi connectivity index (χ4n) is 1.15. The van der Waals surface area contributed by atoms with E-state index in [1.54, 1.807) is 6.08 Å². The fraction of sp³-hybridized carbons (Fsp3) is 0.273. The van der Waals surface area contributed by atoms with Crippen molar-refractivity contribution in [3.05, 3.63) is 35.6 Å². The molecule has 0 amide bonds. The van der Waals surface area contributed by atoms with Gasteiger partial charge < -0.3 is 10.8 Å². The molecule has 0 radical (unpaired) electrons. The predicted molar refractivity (Wildman–Crippen MR) is 53.5 cm³/mol. The van der Waals surface area contributed by atoms with Gasteiger partial charge in [-0.2, -0.15) is 0 Å². The van der Waals surface area contributed by atoms with Gasteiger partial charge in [0, 0.05) is 12.3 Å². The molecule has 0 aromatic rings. The predicted octanol–water partition coefficient (Wildman–Crippen LogP) is 0.957. The normalized spacial score (nSPS) is 21.4. The SMILES string of the molecule is C#CC1C=CC(N)=C(CCO)C=C1. The highest BCUT2D eigenvalue weighted by atomic mass is 16.2. The molecule has 2 heteroatoms. The average molecular weight is 175 g/mol. The van der Waals surface area contributed by atoms with Crippen LogP contribution in [0.1, 0.15) is 6.42 Å². The first-order valence-corrected chi connectivity index (χ1v) is 4.20. The molecule has 0 aromatic carbocycles. The summed E-state index contributed by atoms with van der Waals surface area (Å²) in [5.41, 5.74) is 7.37. The van der Waals surface area contributed by atoms with Crippen LogP contribution in [0.5, 0.6) is 0 Å². The third-order valence-corrected chi connectivity index (χ3v) is 1.93. The van der Waals surface area contributed by atoms with Crippen molar-refractivity contribution >= 4 is 0 Å². The molecule has 0 fully saturated rings. The highest BCUT2D eigenvalue weighted by molar-refractivity contribution is 5.37. The average Bonchev–Trinajstić information content (AvgIpc) is 2.31. The van der Waals surface area contributed by atoms with E-state index in [1.807, 2.05) is 18.2 Å². The van der Waals surface area contributed by atoms with Crippen LogP contribution in [0.4, 0.5) is 0 Å². The molecule has 3 N–H and O–H groups in total. The molecule has 0 spiro atoms. The van der Waals surface area contributed by atoms with Crippen molar-refractivity contribution in [1.29, 1.82) is 0 Å². The molecule has 2 nitrogen and oxygen atoms in total. The summed E-state index contributed by atoms with van der Waals surface area (Å²) in [6.07, 6.45) is 13.3. The molecule has 0 aromatic heterocycles. The van der Waals surface area contributed by atoms with Gasteiger partial charge in [0.2, 0.25) is 0 Å². The summed E-state index contributed by atoms with van der Waals surface area (Å²) in [5.74, 6) is 2.62. The summed E-state index contributed by atoms with van der Waals surface area (Å²) in [6.45, 7) is 0.106. The molecule has 1 rings (SSSR count). The molecule has 0 saturated heterocycles. The number of hydrogen-bond acceptors (Lipinski definition) is 2. The number of rotatable bonds is 2. The molecule has 1 atom stereocenters. The van der Waals surface area contributed by atoms with E-state index in [0.29, 0.717) is 12.1 Å². The van der Waals surface area contributed by atoms with Crippen molar-refractivity contribution in [2.75, 3.05) is 6.61 Å². The summed E-state index contributed by atoms with van der Waals surface area (Å²) in [5, 5.41) is 8.76. The van der Waals surface area contributed by atoms with Crippen LogP contribution < -0.4 is 5.73 Å².